The number of rotatable bonds is 4. The first-order valence-electron chi connectivity index (χ1n) is 22.6. The molecule has 3 nitrogen and oxygen atoms in total. The Bertz CT molecular complexity index is 3940. The van der Waals surface area contributed by atoms with E-state index < -0.39 is 0 Å². The molecule has 0 saturated carbocycles. The zero-order valence-electron chi connectivity index (χ0n) is 35.4. The van der Waals surface area contributed by atoms with Crippen LogP contribution in [-0.4, -0.2) is 14.5 Å². The minimum atomic E-state index is 0.0479. The van der Waals surface area contributed by atoms with Crippen LogP contribution in [0.25, 0.3) is 105 Å². The molecule has 12 aromatic rings. The number of hydrogen-bond acceptors (Lipinski definition) is 3. The molecule has 1 atom stereocenters. The highest BCUT2D eigenvalue weighted by atomic mass is 32.2. The summed E-state index contributed by atoms with van der Waals surface area (Å²) in [5, 5.41) is 8.76. The number of benzene rings is 10. The molecule has 1 aliphatic heterocycles. The number of para-hydroxylation sites is 1. The predicted molar refractivity (Wildman–Crippen MR) is 271 cm³/mol. The molecule has 65 heavy (non-hydrogen) atoms. The summed E-state index contributed by atoms with van der Waals surface area (Å²) in [6.07, 6.45) is 1.86. The van der Waals surface area contributed by atoms with Crippen LogP contribution in [0.2, 0.25) is 0 Å². The lowest BCUT2D eigenvalue weighted by Crippen LogP contribution is -2.08. The standard InChI is InChI=1S/C61H39N3S/c1-2-14-39(15-3-1)60-49-20-8-10-23-53(49)62-61(63-60)48-31-28-38-25-26-41(34-51(38)45-18-7-6-17-44(45)48)42-29-32-54-52(35-42)58-50-22-12-21-47-46-19-9-11-24-56(46)65-57(59(47)50)36-55(58)64(54)43-30-27-37-13-4-5-16-40(37)33-43/h1-27,29-30,32-36,48H,28,31H2. The number of hydrogen-bond donors (Lipinski definition) is 0. The van der Waals surface area contributed by atoms with Gasteiger partial charge < -0.3 is 4.57 Å². The van der Waals surface area contributed by atoms with Crippen molar-refractivity contribution in [3.63, 3.8) is 0 Å². The van der Waals surface area contributed by atoms with E-state index in [9.17, 15) is 0 Å². The van der Waals surface area contributed by atoms with Crippen molar-refractivity contribution in [1.29, 1.82) is 0 Å². The van der Waals surface area contributed by atoms with E-state index in [2.05, 4.69) is 211 Å². The summed E-state index contributed by atoms with van der Waals surface area (Å²) >= 11 is 1.89. The van der Waals surface area contributed by atoms with Gasteiger partial charge in [0, 0.05) is 48.5 Å². The minimum Gasteiger partial charge on any atom is -0.309 e. The first-order chi connectivity index (χ1) is 32.2. The van der Waals surface area contributed by atoms with Crippen molar-refractivity contribution in [2.75, 3.05) is 0 Å². The molecule has 0 fully saturated rings. The van der Waals surface area contributed by atoms with Crippen LogP contribution in [0.15, 0.2) is 216 Å². The summed E-state index contributed by atoms with van der Waals surface area (Å²) in [7, 11) is 0. The Morgan fingerprint density at radius 2 is 1.20 bits per heavy atom. The van der Waals surface area contributed by atoms with Gasteiger partial charge in [-0.3, -0.25) is 0 Å². The topological polar surface area (TPSA) is 30.7 Å². The molecule has 1 unspecified atom stereocenters. The first kappa shape index (κ1) is 36.7. The van der Waals surface area contributed by atoms with Crippen LogP contribution in [0, 0.1) is 0 Å². The van der Waals surface area contributed by atoms with Gasteiger partial charge in [0.15, 0.2) is 0 Å². The van der Waals surface area contributed by atoms with Crippen molar-refractivity contribution in [2.45, 2.75) is 28.6 Å². The van der Waals surface area contributed by atoms with E-state index in [-0.39, 0.29) is 5.92 Å². The van der Waals surface area contributed by atoms with Crippen molar-refractivity contribution in [2.24, 2.45) is 0 Å². The molecule has 14 rings (SSSR count). The number of aromatic nitrogens is 3. The highest BCUT2D eigenvalue weighted by Gasteiger charge is 2.28. The summed E-state index contributed by atoms with van der Waals surface area (Å²) in [6.45, 7) is 0. The third-order valence-electron chi connectivity index (χ3n) is 14.0. The average Bonchev–Trinajstić information content (AvgIpc) is 3.60. The van der Waals surface area contributed by atoms with Crippen LogP contribution in [0.1, 0.15) is 29.3 Å². The van der Waals surface area contributed by atoms with Crippen molar-refractivity contribution in [1.82, 2.24) is 14.5 Å². The SMILES string of the molecule is c1ccc(-c2nc(C3CCc4ccc(-c5ccc6c(c5)c5c7cccc8c7c(cc5n6-c5ccc6ccccc6c5)Sc5ccccc5-8)cc4-c4ccccc43)nc3ccccc23)cc1. The fraction of sp³-hybridized carbons (Fsp3) is 0.0492. The average molecular weight is 846 g/mol. The second kappa shape index (κ2) is 14.4. The zero-order valence-corrected chi connectivity index (χ0v) is 36.2. The summed E-state index contributed by atoms with van der Waals surface area (Å²) < 4.78 is 2.50. The second-order valence-corrected chi connectivity index (χ2v) is 18.6. The van der Waals surface area contributed by atoms with E-state index in [1.54, 1.807) is 0 Å². The Kier molecular flexibility index (Phi) is 8.10. The van der Waals surface area contributed by atoms with Gasteiger partial charge in [-0.25, -0.2) is 9.97 Å². The first-order valence-corrected chi connectivity index (χ1v) is 23.4. The smallest absolute Gasteiger partial charge is 0.137 e. The highest BCUT2D eigenvalue weighted by molar-refractivity contribution is 7.99. The Balaban J connectivity index is 0.951. The molecule has 0 spiro atoms. The molecule has 2 aliphatic rings. The summed E-state index contributed by atoms with van der Waals surface area (Å²) in [5.41, 5.74) is 16.9. The van der Waals surface area contributed by atoms with Crippen LogP contribution in [0.4, 0.5) is 0 Å². The molecule has 0 bridgehead atoms. The van der Waals surface area contributed by atoms with Gasteiger partial charge in [0.05, 0.1) is 22.2 Å². The number of nitrogens with zero attached hydrogens (tertiary/aromatic N) is 3. The molecule has 0 saturated heterocycles. The van der Waals surface area contributed by atoms with Gasteiger partial charge in [-0.2, -0.15) is 0 Å². The lowest BCUT2D eigenvalue weighted by Gasteiger charge is -2.21. The zero-order chi connectivity index (χ0) is 42.6. The predicted octanol–water partition coefficient (Wildman–Crippen LogP) is 16.2. The Morgan fingerprint density at radius 3 is 2.14 bits per heavy atom. The van der Waals surface area contributed by atoms with Crippen molar-refractivity contribution >= 4 is 66.0 Å². The maximum Gasteiger partial charge on any atom is 0.137 e. The Hall–Kier alpha value is -7.79. The van der Waals surface area contributed by atoms with Crippen LogP contribution in [-0.2, 0) is 6.42 Å². The van der Waals surface area contributed by atoms with E-state index in [4.69, 9.17) is 9.97 Å². The summed E-state index contributed by atoms with van der Waals surface area (Å²) in [5.74, 6) is 0.933. The lowest BCUT2D eigenvalue weighted by molar-refractivity contribution is 0.685. The van der Waals surface area contributed by atoms with Crippen LogP contribution in [0.5, 0.6) is 0 Å². The maximum absolute atomic E-state index is 5.39. The fourth-order valence-electron chi connectivity index (χ4n) is 11.0. The van der Waals surface area contributed by atoms with Crippen LogP contribution in [0.3, 0.4) is 0 Å². The third kappa shape index (κ3) is 5.70. The molecule has 3 heterocycles. The van der Waals surface area contributed by atoms with Gasteiger partial charge in [0.1, 0.15) is 5.82 Å². The molecular formula is C61H39N3S. The molecule has 0 N–H and O–H groups in total. The van der Waals surface area contributed by atoms with Crippen molar-refractivity contribution in [3.8, 4) is 50.3 Å². The molecule has 4 heteroatoms. The Labute approximate surface area is 380 Å². The normalized spacial score (nSPS) is 14.1. The second-order valence-electron chi connectivity index (χ2n) is 17.6. The summed E-state index contributed by atoms with van der Waals surface area (Å²) in [4.78, 5) is 13.3. The minimum absolute atomic E-state index is 0.0479. The van der Waals surface area contributed by atoms with Crippen LogP contribution >= 0.6 is 11.8 Å². The fourth-order valence-corrected chi connectivity index (χ4v) is 12.2. The highest BCUT2D eigenvalue weighted by Crippen LogP contribution is 2.52. The molecule has 1 aliphatic carbocycles. The van der Waals surface area contributed by atoms with E-state index in [1.807, 2.05) is 11.8 Å². The lowest BCUT2D eigenvalue weighted by atomic mass is 9.89. The van der Waals surface area contributed by atoms with E-state index in [0.29, 0.717) is 0 Å². The van der Waals surface area contributed by atoms with E-state index >= 15 is 0 Å². The molecule has 0 radical (unpaired) electrons. The maximum atomic E-state index is 5.39. The van der Waals surface area contributed by atoms with Gasteiger partial charge >= 0.3 is 0 Å². The van der Waals surface area contributed by atoms with E-state index in [0.717, 1.165) is 40.8 Å². The van der Waals surface area contributed by atoms with Gasteiger partial charge in [0.2, 0.25) is 0 Å². The van der Waals surface area contributed by atoms with Crippen molar-refractivity contribution in [3.05, 3.63) is 223 Å². The van der Waals surface area contributed by atoms with Gasteiger partial charge in [-0.1, -0.05) is 169 Å². The number of fused-ring (bicyclic) bond motifs is 11. The Morgan fingerprint density at radius 1 is 0.446 bits per heavy atom. The molecule has 0 amide bonds. The monoisotopic (exact) mass is 845 g/mol. The van der Waals surface area contributed by atoms with Crippen molar-refractivity contribution < 1.29 is 0 Å². The summed E-state index contributed by atoms with van der Waals surface area (Å²) in [6, 6.07) is 76.0. The molecule has 10 aromatic carbocycles. The van der Waals surface area contributed by atoms with E-state index in [1.165, 1.54) is 103 Å². The quantitative estimate of drug-likeness (QED) is 0.177. The molecular weight excluding hydrogens is 807 g/mol. The van der Waals surface area contributed by atoms with Crippen LogP contribution < -0.4 is 0 Å². The molecule has 2 aromatic heterocycles. The van der Waals surface area contributed by atoms with Gasteiger partial charge in [-0.05, 0) is 122 Å². The third-order valence-corrected chi connectivity index (χ3v) is 15.1. The van der Waals surface area contributed by atoms with Gasteiger partial charge in [-0.15, -0.1) is 0 Å². The molecule has 304 valence electrons. The number of aryl methyl sites for hydroxylation is 1. The van der Waals surface area contributed by atoms with Gasteiger partial charge in [0.25, 0.3) is 0 Å². The largest absolute Gasteiger partial charge is 0.309 e.